The Balaban J connectivity index is 2.22. The van der Waals surface area contributed by atoms with Crippen LogP contribution in [-0.2, 0) is 0 Å². The van der Waals surface area contributed by atoms with Crippen LogP contribution in [0.1, 0.15) is 17.3 Å². The molecule has 0 radical (unpaired) electrons. The topological polar surface area (TPSA) is 39.4 Å². The number of aryl methyl sites for hydroxylation is 3. The van der Waals surface area contributed by atoms with Gasteiger partial charge in [-0.3, -0.25) is 0 Å². The minimum absolute atomic E-state index is 0.901. The molecular formula is C16H18O3P+. The van der Waals surface area contributed by atoms with Crippen molar-refractivity contribution in [2.45, 2.75) is 20.8 Å². The maximum atomic E-state index is 5.91. The Hall–Kier alpha value is -1.73. The Morgan fingerprint density at radius 1 is 0.600 bits per heavy atom. The molecule has 0 aliphatic rings. The smallest absolute Gasteiger partial charge is 0.262 e. The molecule has 0 fully saturated rings. The van der Waals surface area contributed by atoms with Gasteiger partial charge < -0.3 is 13.3 Å². The molecule has 0 N–H and O–H groups in total. The Labute approximate surface area is 118 Å². The van der Waals surface area contributed by atoms with E-state index in [4.69, 9.17) is 13.3 Å². The summed E-state index contributed by atoms with van der Waals surface area (Å²) in [4.78, 5) is 0. The van der Waals surface area contributed by atoms with Gasteiger partial charge in [-0.2, -0.15) is 0 Å². The van der Waals surface area contributed by atoms with Gasteiger partial charge in [0.1, 0.15) is 17.3 Å². The SMILES string of the molecule is Cc1ccc([P+](C)(c2ccc(C)o2)c2ccc(C)o2)o1. The zero-order valence-electron chi connectivity index (χ0n) is 12.1. The molecule has 3 rings (SSSR count). The van der Waals surface area contributed by atoms with Gasteiger partial charge in [0.25, 0.3) is 16.5 Å². The number of rotatable bonds is 3. The normalized spacial score (nSPS) is 12.0. The zero-order chi connectivity index (χ0) is 14.3. The largest absolute Gasteiger partial charge is 0.431 e. The molecule has 3 aromatic heterocycles. The Kier molecular flexibility index (Phi) is 3.10. The summed E-state index contributed by atoms with van der Waals surface area (Å²) < 4.78 is 17.7. The molecule has 0 aliphatic heterocycles. The maximum absolute atomic E-state index is 5.91. The van der Waals surface area contributed by atoms with Crippen LogP contribution in [0.25, 0.3) is 0 Å². The van der Waals surface area contributed by atoms with Gasteiger partial charge in [0.2, 0.25) is 7.26 Å². The molecule has 3 heterocycles. The van der Waals surface area contributed by atoms with Crippen LogP contribution >= 0.6 is 7.26 Å². The van der Waals surface area contributed by atoms with Crippen LogP contribution in [0, 0.1) is 20.8 Å². The van der Waals surface area contributed by atoms with Gasteiger partial charge in [-0.05, 0) is 39.0 Å². The van der Waals surface area contributed by atoms with E-state index in [2.05, 4.69) is 6.66 Å². The van der Waals surface area contributed by atoms with E-state index in [1.807, 2.05) is 57.2 Å². The summed E-state index contributed by atoms with van der Waals surface area (Å²) in [5.41, 5.74) is 2.79. The second-order valence-corrected chi connectivity index (χ2v) is 8.49. The van der Waals surface area contributed by atoms with E-state index in [9.17, 15) is 0 Å². The molecule has 0 atom stereocenters. The fraction of sp³-hybridized carbons (Fsp3) is 0.250. The highest BCUT2D eigenvalue weighted by atomic mass is 31.2. The first kappa shape index (κ1) is 13.3. The van der Waals surface area contributed by atoms with Crippen LogP contribution in [0.2, 0.25) is 0 Å². The first-order chi connectivity index (χ1) is 9.50. The lowest BCUT2D eigenvalue weighted by Gasteiger charge is -2.13. The number of hydrogen-bond donors (Lipinski definition) is 0. The molecule has 4 heteroatoms. The Bertz CT molecular complexity index is 634. The third kappa shape index (κ3) is 2.03. The van der Waals surface area contributed by atoms with E-state index < -0.39 is 7.26 Å². The third-order valence-corrected chi connectivity index (χ3v) is 6.87. The molecule has 0 spiro atoms. The molecule has 104 valence electrons. The van der Waals surface area contributed by atoms with Crippen molar-refractivity contribution in [2.24, 2.45) is 0 Å². The molecule has 0 unspecified atom stereocenters. The second-order valence-electron chi connectivity index (χ2n) is 5.16. The molecule has 0 aromatic carbocycles. The van der Waals surface area contributed by atoms with Crippen molar-refractivity contribution in [3.05, 3.63) is 53.7 Å². The van der Waals surface area contributed by atoms with Crippen LogP contribution in [0.4, 0.5) is 0 Å². The molecule has 0 bridgehead atoms. The molecule has 0 saturated heterocycles. The van der Waals surface area contributed by atoms with Crippen molar-refractivity contribution in [2.75, 3.05) is 6.66 Å². The average molecular weight is 289 g/mol. The summed E-state index contributed by atoms with van der Waals surface area (Å²) in [6.45, 7) is 8.03. The summed E-state index contributed by atoms with van der Waals surface area (Å²) in [5, 5.41) is 0. The summed E-state index contributed by atoms with van der Waals surface area (Å²) >= 11 is 0. The fourth-order valence-electron chi connectivity index (χ4n) is 2.31. The van der Waals surface area contributed by atoms with E-state index in [1.54, 1.807) is 0 Å². The first-order valence-corrected chi connectivity index (χ1v) is 8.81. The highest BCUT2D eigenvalue weighted by Crippen LogP contribution is 2.52. The third-order valence-electron chi connectivity index (χ3n) is 3.50. The predicted octanol–water partition coefficient (Wildman–Crippen LogP) is 3.31. The van der Waals surface area contributed by atoms with E-state index in [0.717, 1.165) is 33.8 Å². The van der Waals surface area contributed by atoms with E-state index in [-0.39, 0.29) is 0 Å². The molecule has 0 aliphatic carbocycles. The number of hydrogen-bond acceptors (Lipinski definition) is 3. The monoisotopic (exact) mass is 289 g/mol. The van der Waals surface area contributed by atoms with Crippen molar-refractivity contribution in [3.63, 3.8) is 0 Å². The van der Waals surface area contributed by atoms with Crippen LogP contribution in [0.15, 0.2) is 49.6 Å². The first-order valence-electron chi connectivity index (χ1n) is 6.57. The second kappa shape index (κ2) is 4.68. The lowest BCUT2D eigenvalue weighted by atomic mass is 10.5. The predicted molar refractivity (Wildman–Crippen MR) is 82.1 cm³/mol. The molecule has 0 saturated carbocycles. The number of furan rings is 3. The fourth-order valence-corrected chi connectivity index (χ4v) is 5.06. The lowest BCUT2D eigenvalue weighted by Crippen LogP contribution is -2.28. The molecule has 3 nitrogen and oxygen atoms in total. The standard InChI is InChI=1S/C16H18O3P/c1-11-5-8-14(17-11)20(4,15-9-6-12(2)18-15)16-10-7-13(3)19-16/h5-10H,1-4H3/q+1. The highest BCUT2D eigenvalue weighted by molar-refractivity contribution is 7.94. The van der Waals surface area contributed by atoms with Crippen LogP contribution in [0.3, 0.4) is 0 Å². The van der Waals surface area contributed by atoms with Crippen molar-refractivity contribution in [3.8, 4) is 0 Å². The molecule has 0 amide bonds. The molecule has 3 aromatic rings. The minimum Gasteiger partial charge on any atom is -0.431 e. The zero-order valence-corrected chi connectivity index (χ0v) is 13.0. The Morgan fingerprint density at radius 3 is 1.10 bits per heavy atom. The van der Waals surface area contributed by atoms with Crippen molar-refractivity contribution in [1.82, 2.24) is 0 Å². The lowest BCUT2D eigenvalue weighted by molar-refractivity contribution is 0.548. The van der Waals surface area contributed by atoms with Gasteiger partial charge in [-0.1, -0.05) is 0 Å². The maximum Gasteiger partial charge on any atom is 0.262 e. The quantitative estimate of drug-likeness (QED) is 0.694. The highest BCUT2D eigenvalue weighted by Gasteiger charge is 2.50. The average Bonchev–Trinajstić information content (AvgIpc) is 3.10. The van der Waals surface area contributed by atoms with E-state index in [1.165, 1.54) is 0 Å². The summed E-state index contributed by atoms with van der Waals surface area (Å²) in [6.07, 6.45) is 0. The van der Waals surface area contributed by atoms with E-state index in [0.29, 0.717) is 0 Å². The van der Waals surface area contributed by atoms with Crippen molar-refractivity contribution < 1.29 is 13.3 Å². The van der Waals surface area contributed by atoms with Crippen molar-refractivity contribution >= 4 is 23.8 Å². The van der Waals surface area contributed by atoms with Crippen LogP contribution in [0.5, 0.6) is 0 Å². The summed E-state index contributed by atoms with van der Waals surface area (Å²) in [6, 6.07) is 12.0. The van der Waals surface area contributed by atoms with Gasteiger partial charge in [0.05, 0.1) is 6.66 Å². The minimum atomic E-state index is -1.96. The van der Waals surface area contributed by atoms with Crippen molar-refractivity contribution in [1.29, 1.82) is 0 Å². The van der Waals surface area contributed by atoms with Gasteiger partial charge in [0, 0.05) is 18.2 Å². The molecule has 20 heavy (non-hydrogen) atoms. The van der Waals surface area contributed by atoms with Crippen LogP contribution < -0.4 is 16.5 Å². The van der Waals surface area contributed by atoms with Crippen LogP contribution in [-0.4, -0.2) is 6.66 Å². The summed E-state index contributed by atoms with van der Waals surface area (Å²) in [7, 11) is -1.96. The van der Waals surface area contributed by atoms with Gasteiger partial charge in [0.15, 0.2) is 0 Å². The van der Waals surface area contributed by atoms with Gasteiger partial charge in [-0.25, -0.2) is 0 Å². The van der Waals surface area contributed by atoms with Gasteiger partial charge >= 0.3 is 0 Å². The molecular weight excluding hydrogens is 271 g/mol. The van der Waals surface area contributed by atoms with Gasteiger partial charge in [-0.15, -0.1) is 0 Å². The van der Waals surface area contributed by atoms with E-state index >= 15 is 0 Å². The summed E-state index contributed by atoms with van der Waals surface area (Å²) in [5.74, 6) is 2.70. The Morgan fingerprint density at radius 2 is 0.900 bits per heavy atom.